The van der Waals surface area contributed by atoms with E-state index in [0.29, 0.717) is 16.8 Å². The van der Waals surface area contributed by atoms with Crippen molar-refractivity contribution in [1.82, 2.24) is 5.32 Å². The van der Waals surface area contributed by atoms with Gasteiger partial charge in [-0.2, -0.15) is 0 Å². The standard InChI is InChI=1S/C27H22ClFN2O5/c1-3-16-7-9-20(10-8-16)31-26(33)21(25(32)30-27(31)34)12-18-13-22(28)24(23(14-18)35-2)36-15-17-5-4-6-19(29)11-17/h4-14H,3,15H2,1-2H3,(H,30,32,34)/b21-12-. The Morgan fingerprint density at radius 1 is 1.03 bits per heavy atom. The highest BCUT2D eigenvalue weighted by atomic mass is 35.5. The Labute approximate surface area is 212 Å². The van der Waals surface area contributed by atoms with Crippen LogP contribution in [0, 0.1) is 5.82 Å². The zero-order valence-corrected chi connectivity index (χ0v) is 20.3. The van der Waals surface area contributed by atoms with Gasteiger partial charge in [-0.05, 0) is 65.6 Å². The van der Waals surface area contributed by atoms with Gasteiger partial charge in [-0.15, -0.1) is 0 Å². The van der Waals surface area contributed by atoms with Crippen molar-refractivity contribution >= 4 is 41.2 Å². The monoisotopic (exact) mass is 508 g/mol. The van der Waals surface area contributed by atoms with Crippen LogP contribution < -0.4 is 19.7 Å². The van der Waals surface area contributed by atoms with E-state index in [4.69, 9.17) is 21.1 Å². The highest BCUT2D eigenvalue weighted by Crippen LogP contribution is 2.38. The van der Waals surface area contributed by atoms with E-state index >= 15 is 0 Å². The molecule has 1 saturated heterocycles. The molecule has 0 atom stereocenters. The van der Waals surface area contributed by atoms with E-state index in [-0.39, 0.29) is 34.5 Å². The quantitative estimate of drug-likeness (QED) is 0.346. The zero-order valence-electron chi connectivity index (χ0n) is 19.5. The van der Waals surface area contributed by atoms with Crippen LogP contribution in [-0.2, 0) is 22.6 Å². The molecule has 0 spiro atoms. The first-order valence-electron chi connectivity index (χ1n) is 11.1. The van der Waals surface area contributed by atoms with Gasteiger partial charge in [0, 0.05) is 0 Å². The van der Waals surface area contributed by atoms with Crippen LogP contribution in [0.3, 0.4) is 0 Å². The fourth-order valence-corrected chi connectivity index (χ4v) is 3.96. The van der Waals surface area contributed by atoms with Crippen LogP contribution in [0.25, 0.3) is 6.08 Å². The first-order chi connectivity index (χ1) is 17.3. The summed E-state index contributed by atoms with van der Waals surface area (Å²) in [6.45, 7) is 2.04. The number of amides is 4. The Balaban J connectivity index is 1.63. The van der Waals surface area contributed by atoms with Gasteiger partial charge in [-0.25, -0.2) is 14.1 Å². The molecule has 1 aliphatic heterocycles. The smallest absolute Gasteiger partial charge is 0.335 e. The molecular weight excluding hydrogens is 487 g/mol. The number of rotatable bonds is 7. The van der Waals surface area contributed by atoms with Crippen LogP contribution >= 0.6 is 11.6 Å². The van der Waals surface area contributed by atoms with Crippen LogP contribution in [0.15, 0.2) is 66.2 Å². The maximum absolute atomic E-state index is 13.5. The van der Waals surface area contributed by atoms with Gasteiger partial charge in [0.1, 0.15) is 18.0 Å². The van der Waals surface area contributed by atoms with Crippen LogP contribution in [0.5, 0.6) is 11.5 Å². The summed E-state index contributed by atoms with van der Waals surface area (Å²) in [5.41, 5.74) is 2.10. The number of anilines is 1. The van der Waals surface area contributed by atoms with Gasteiger partial charge in [0.05, 0.1) is 17.8 Å². The van der Waals surface area contributed by atoms with E-state index in [1.807, 2.05) is 19.1 Å². The number of barbiturate groups is 1. The number of carbonyl (C=O) groups excluding carboxylic acids is 3. The summed E-state index contributed by atoms with van der Waals surface area (Å²) in [6.07, 6.45) is 2.12. The Morgan fingerprint density at radius 3 is 2.44 bits per heavy atom. The van der Waals surface area contributed by atoms with Crippen molar-refractivity contribution in [2.45, 2.75) is 20.0 Å². The number of imide groups is 2. The number of nitrogens with zero attached hydrogens (tertiary/aromatic N) is 1. The predicted octanol–water partition coefficient (Wildman–Crippen LogP) is 5.30. The maximum atomic E-state index is 13.5. The maximum Gasteiger partial charge on any atom is 0.335 e. The molecule has 1 N–H and O–H groups in total. The van der Waals surface area contributed by atoms with Crippen molar-refractivity contribution in [1.29, 1.82) is 0 Å². The molecule has 4 rings (SSSR count). The average Bonchev–Trinajstić information content (AvgIpc) is 2.86. The minimum absolute atomic E-state index is 0.0447. The number of urea groups is 1. The summed E-state index contributed by atoms with van der Waals surface area (Å²) >= 11 is 6.42. The lowest BCUT2D eigenvalue weighted by Crippen LogP contribution is -2.54. The normalized spacial score (nSPS) is 14.7. The van der Waals surface area contributed by atoms with Crippen molar-refractivity contribution in [3.63, 3.8) is 0 Å². The lowest BCUT2D eigenvalue weighted by atomic mass is 10.1. The van der Waals surface area contributed by atoms with E-state index < -0.39 is 17.8 Å². The van der Waals surface area contributed by atoms with E-state index in [0.717, 1.165) is 16.9 Å². The summed E-state index contributed by atoms with van der Waals surface area (Å²) in [7, 11) is 1.41. The van der Waals surface area contributed by atoms with Gasteiger partial charge in [0.15, 0.2) is 11.5 Å². The topological polar surface area (TPSA) is 84.9 Å². The fraction of sp³-hybridized carbons (Fsp3) is 0.148. The minimum atomic E-state index is -0.830. The van der Waals surface area contributed by atoms with Crippen molar-refractivity contribution in [2.75, 3.05) is 12.0 Å². The number of nitrogens with one attached hydrogen (secondary N) is 1. The van der Waals surface area contributed by atoms with E-state index in [9.17, 15) is 18.8 Å². The van der Waals surface area contributed by atoms with Crippen LogP contribution in [0.4, 0.5) is 14.9 Å². The Kier molecular flexibility index (Phi) is 7.36. The van der Waals surface area contributed by atoms with Gasteiger partial charge < -0.3 is 9.47 Å². The SMILES string of the molecule is CCc1ccc(N2C(=O)NC(=O)/C(=C/c3cc(Cl)c(OCc4cccc(F)c4)c(OC)c3)C2=O)cc1. The molecule has 0 radical (unpaired) electrons. The van der Waals surface area contributed by atoms with Gasteiger partial charge in [0.2, 0.25) is 0 Å². The molecule has 184 valence electrons. The minimum Gasteiger partial charge on any atom is -0.493 e. The molecule has 0 bridgehead atoms. The van der Waals surface area contributed by atoms with Gasteiger partial charge in [0.25, 0.3) is 11.8 Å². The van der Waals surface area contributed by atoms with Crippen LogP contribution in [0.2, 0.25) is 5.02 Å². The lowest BCUT2D eigenvalue weighted by Gasteiger charge is -2.26. The largest absolute Gasteiger partial charge is 0.493 e. The first-order valence-corrected chi connectivity index (χ1v) is 11.4. The Morgan fingerprint density at radius 2 is 1.78 bits per heavy atom. The lowest BCUT2D eigenvalue weighted by molar-refractivity contribution is -0.122. The molecule has 9 heteroatoms. The summed E-state index contributed by atoms with van der Waals surface area (Å²) in [5, 5.41) is 2.35. The summed E-state index contributed by atoms with van der Waals surface area (Å²) in [5.74, 6) is -1.52. The highest BCUT2D eigenvalue weighted by molar-refractivity contribution is 6.39. The molecule has 4 amide bonds. The number of benzene rings is 3. The number of methoxy groups -OCH3 is 1. The molecule has 36 heavy (non-hydrogen) atoms. The number of aryl methyl sites for hydroxylation is 1. The molecular formula is C27H22ClFN2O5. The zero-order chi connectivity index (χ0) is 25.8. The molecule has 0 aliphatic carbocycles. The molecule has 3 aromatic rings. The molecule has 7 nitrogen and oxygen atoms in total. The second-order valence-corrected chi connectivity index (χ2v) is 8.34. The van der Waals surface area contributed by atoms with Gasteiger partial charge in [-0.3, -0.25) is 14.9 Å². The molecule has 0 saturated carbocycles. The Bertz CT molecular complexity index is 1370. The molecule has 1 fully saturated rings. The second kappa shape index (κ2) is 10.6. The van der Waals surface area contributed by atoms with Crippen molar-refractivity contribution in [3.8, 4) is 11.5 Å². The number of ether oxygens (including phenoxy) is 2. The number of carbonyl (C=O) groups is 3. The molecule has 3 aromatic carbocycles. The predicted molar refractivity (Wildman–Crippen MR) is 134 cm³/mol. The van der Waals surface area contributed by atoms with E-state index in [1.165, 1.54) is 37.5 Å². The third-order valence-corrected chi connectivity index (χ3v) is 5.82. The summed E-state index contributed by atoms with van der Waals surface area (Å²) < 4.78 is 24.6. The highest BCUT2D eigenvalue weighted by Gasteiger charge is 2.36. The van der Waals surface area contributed by atoms with Crippen molar-refractivity contribution in [3.05, 3.63) is 93.8 Å². The molecule has 0 unspecified atom stereocenters. The van der Waals surface area contributed by atoms with Crippen molar-refractivity contribution in [2.24, 2.45) is 0 Å². The van der Waals surface area contributed by atoms with Gasteiger partial charge >= 0.3 is 6.03 Å². The van der Waals surface area contributed by atoms with Crippen LogP contribution in [-0.4, -0.2) is 25.0 Å². The number of hydrogen-bond donors (Lipinski definition) is 1. The molecule has 1 heterocycles. The molecule has 1 aliphatic rings. The number of halogens is 2. The third kappa shape index (κ3) is 5.23. The average molecular weight is 509 g/mol. The first kappa shape index (κ1) is 24.9. The number of hydrogen-bond acceptors (Lipinski definition) is 5. The van der Waals surface area contributed by atoms with E-state index in [2.05, 4.69) is 5.32 Å². The van der Waals surface area contributed by atoms with Gasteiger partial charge in [-0.1, -0.05) is 42.8 Å². The molecule has 0 aromatic heterocycles. The van der Waals surface area contributed by atoms with Crippen LogP contribution in [0.1, 0.15) is 23.6 Å². The van der Waals surface area contributed by atoms with E-state index in [1.54, 1.807) is 24.3 Å². The summed E-state index contributed by atoms with van der Waals surface area (Å²) in [6, 6.07) is 15.1. The second-order valence-electron chi connectivity index (χ2n) is 7.93. The summed E-state index contributed by atoms with van der Waals surface area (Å²) in [4.78, 5) is 39.0. The third-order valence-electron chi connectivity index (χ3n) is 5.54. The van der Waals surface area contributed by atoms with Crippen molar-refractivity contribution < 1.29 is 28.2 Å². The Hall–Kier alpha value is -4.17. The fourth-order valence-electron chi connectivity index (χ4n) is 3.68.